The van der Waals surface area contributed by atoms with Gasteiger partial charge < -0.3 is 40.8 Å². The highest BCUT2D eigenvalue weighted by Gasteiger charge is 2.39. The number of ether oxygens (including phenoxy) is 1. The van der Waals surface area contributed by atoms with Crippen LogP contribution in [0.5, 0.6) is 0 Å². The van der Waals surface area contributed by atoms with Crippen LogP contribution in [-0.4, -0.2) is 106 Å². The van der Waals surface area contributed by atoms with E-state index in [1.54, 1.807) is 12.3 Å². The van der Waals surface area contributed by atoms with E-state index in [2.05, 4.69) is 31.3 Å². The molecule has 0 aliphatic rings. The molecule has 1 aromatic heterocycles. The number of nitrogens with two attached hydrogens (primary N) is 1. The van der Waals surface area contributed by atoms with Gasteiger partial charge >= 0.3 is 18.1 Å². The second kappa shape index (κ2) is 23.5. The van der Waals surface area contributed by atoms with Crippen LogP contribution in [0, 0.1) is 17.0 Å². The molecule has 60 heavy (non-hydrogen) atoms. The third kappa shape index (κ3) is 16.4. The maximum atomic E-state index is 15.0. The van der Waals surface area contributed by atoms with Crippen LogP contribution in [0.2, 0.25) is 0 Å². The molecule has 6 N–H and O–H groups in total. The average molecular weight is 919 g/mol. The van der Waals surface area contributed by atoms with Crippen molar-refractivity contribution in [2.24, 2.45) is 11.1 Å². The summed E-state index contributed by atoms with van der Waals surface area (Å²) in [6, 6.07) is 12.7. The van der Waals surface area contributed by atoms with Gasteiger partial charge in [0.25, 0.3) is 0 Å². The van der Waals surface area contributed by atoms with Crippen LogP contribution in [0.15, 0.2) is 60.8 Å². The molecule has 3 amide bonds. The molecule has 20 heteroatoms. The van der Waals surface area contributed by atoms with Crippen molar-refractivity contribution in [2.75, 3.05) is 33.4 Å². The van der Waals surface area contributed by atoms with Crippen molar-refractivity contribution in [3.8, 4) is 11.1 Å². The molecule has 330 valence electrons. The fourth-order valence-corrected chi connectivity index (χ4v) is 6.35. The molecule has 0 saturated heterocycles. The van der Waals surface area contributed by atoms with Crippen LogP contribution in [0.1, 0.15) is 63.8 Å². The van der Waals surface area contributed by atoms with E-state index in [1.165, 1.54) is 12.0 Å². The zero-order chi connectivity index (χ0) is 45.4. The quantitative estimate of drug-likeness (QED) is 0.0487. The molecule has 14 nitrogen and oxygen atoms in total. The molecule has 0 aliphatic carbocycles. The Morgan fingerprint density at radius 3 is 2.18 bits per heavy atom. The first-order valence-electron chi connectivity index (χ1n) is 18.4. The Kier molecular flexibility index (Phi) is 20.0. The van der Waals surface area contributed by atoms with Crippen molar-refractivity contribution in [3.63, 3.8) is 0 Å². The standard InChI is InChI=1S/C38H48BrF2N5O7.C2HF3O2/c1-38(2,3)35(32-17-25(28-18-26(40)12-13-30(28)41)22-45(32)21-24-9-6-5-7-10-24)46(34(50)23-47)16-14-31(42)36(51)43-15-8-11-27(48)20-44-33(49)19-29(39)37(52)53-4;3-2(4,5)1(6)7/h5-7,9-10,12-13,17-18,22,29,31,35,47H,8,11,14-16,19-21,23,42H2,1-4H3,(H,43,51)(H,44,49);(H,6,7)/t29?,31-,35-;/m0./s1. The minimum atomic E-state index is -5.08. The van der Waals surface area contributed by atoms with E-state index in [0.29, 0.717) is 17.8 Å². The summed E-state index contributed by atoms with van der Waals surface area (Å²) < 4.78 is 67.4. The van der Waals surface area contributed by atoms with Gasteiger partial charge in [0, 0.05) is 55.5 Å². The topological polar surface area (TPSA) is 210 Å². The number of hydrogen-bond donors (Lipinski definition) is 5. The van der Waals surface area contributed by atoms with Crippen LogP contribution in [0.4, 0.5) is 22.0 Å². The van der Waals surface area contributed by atoms with Crippen molar-refractivity contribution in [1.82, 2.24) is 20.1 Å². The summed E-state index contributed by atoms with van der Waals surface area (Å²) in [5, 5.41) is 22.3. The van der Waals surface area contributed by atoms with Gasteiger partial charge in [-0.1, -0.05) is 67.0 Å². The number of aromatic nitrogens is 1. The SMILES string of the molecule is COC(=O)C(Br)CC(=O)NCC(=O)CCCNC(=O)[C@@H](N)CCN(C(=O)CO)[C@@H](c1cc(-c2cc(F)ccc2F)cn1Cc1ccccc1)C(C)(C)C.O=C(O)C(F)(F)F. The summed E-state index contributed by atoms with van der Waals surface area (Å²) in [7, 11) is 1.20. The van der Waals surface area contributed by atoms with E-state index in [-0.39, 0.29) is 56.7 Å². The van der Waals surface area contributed by atoms with E-state index in [0.717, 1.165) is 23.8 Å². The number of esters is 1. The minimum Gasteiger partial charge on any atom is -0.475 e. The van der Waals surface area contributed by atoms with E-state index in [9.17, 15) is 51.0 Å². The summed E-state index contributed by atoms with van der Waals surface area (Å²) in [4.78, 5) is 71.5. The van der Waals surface area contributed by atoms with Crippen molar-refractivity contribution in [2.45, 2.75) is 76.1 Å². The van der Waals surface area contributed by atoms with Crippen LogP contribution < -0.4 is 16.4 Å². The first kappa shape index (κ1) is 50.9. The molecular formula is C40H49BrF5N5O9. The largest absolute Gasteiger partial charge is 0.490 e. The predicted octanol–water partition coefficient (Wildman–Crippen LogP) is 4.65. The molecule has 1 heterocycles. The number of aliphatic carboxylic acids is 1. The number of carbonyl (C=O) groups excluding carboxylic acids is 5. The summed E-state index contributed by atoms with van der Waals surface area (Å²) in [6.07, 6.45) is -3.19. The number of nitrogens with one attached hydrogen (secondary N) is 2. The van der Waals surface area contributed by atoms with Crippen LogP contribution >= 0.6 is 15.9 Å². The number of carboxylic acid groups (broad SMARTS) is 1. The van der Waals surface area contributed by atoms with Gasteiger partial charge in [0.15, 0.2) is 5.78 Å². The lowest BCUT2D eigenvalue weighted by atomic mass is 9.82. The number of aliphatic hydroxyl groups excluding tert-OH is 1. The zero-order valence-corrected chi connectivity index (χ0v) is 34.9. The highest BCUT2D eigenvalue weighted by atomic mass is 79.9. The van der Waals surface area contributed by atoms with Gasteiger partial charge in [-0.15, -0.1) is 0 Å². The van der Waals surface area contributed by atoms with Gasteiger partial charge in [-0.05, 0) is 48.1 Å². The van der Waals surface area contributed by atoms with Crippen LogP contribution in [-0.2, 0) is 40.0 Å². The highest BCUT2D eigenvalue weighted by Crippen LogP contribution is 2.41. The number of carboxylic acids is 1. The number of rotatable bonds is 19. The third-order valence-electron chi connectivity index (χ3n) is 8.73. The number of Topliss-reactive ketones (excluding diaryl/α,β-unsaturated/α-hetero) is 1. The number of alkyl halides is 4. The van der Waals surface area contributed by atoms with Gasteiger partial charge in [-0.2, -0.15) is 13.2 Å². The third-order valence-corrected chi connectivity index (χ3v) is 9.43. The van der Waals surface area contributed by atoms with Crippen molar-refractivity contribution >= 4 is 51.4 Å². The number of aliphatic hydroxyl groups is 1. The van der Waals surface area contributed by atoms with E-state index in [4.69, 9.17) is 15.6 Å². The molecule has 0 bridgehead atoms. The van der Waals surface area contributed by atoms with Gasteiger partial charge in [0.05, 0.1) is 25.7 Å². The Labute approximate surface area is 351 Å². The minimum absolute atomic E-state index is 0.0144. The predicted molar refractivity (Wildman–Crippen MR) is 212 cm³/mol. The zero-order valence-electron chi connectivity index (χ0n) is 33.4. The first-order valence-corrected chi connectivity index (χ1v) is 19.3. The number of amides is 3. The molecule has 2 aromatic carbocycles. The van der Waals surface area contributed by atoms with Gasteiger partial charge in [0.2, 0.25) is 17.7 Å². The lowest BCUT2D eigenvalue weighted by Crippen LogP contribution is -2.47. The lowest BCUT2D eigenvalue weighted by molar-refractivity contribution is -0.192. The second-order valence-electron chi connectivity index (χ2n) is 14.5. The van der Waals surface area contributed by atoms with E-state index < -0.39 is 76.4 Å². The number of halogens is 6. The smallest absolute Gasteiger partial charge is 0.475 e. The molecule has 3 rings (SSSR count). The van der Waals surface area contributed by atoms with Crippen molar-refractivity contribution in [3.05, 3.63) is 83.7 Å². The Morgan fingerprint density at radius 1 is 0.983 bits per heavy atom. The molecule has 1 unspecified atom stereocenters. The Hall–Kier alpha value is -5.21. The Morgan fingerprint density at radius 2 is 1.62 bits per heavy atom. The summed E-state index contributed by atoms with van der Waals surface area (Å²) in [6.45, 7) is 5.17. The molecule has 3 aromatic rings. The maximum absolute atomic E-state index is 15.0. The molecular weight excluding hydrogens is 869 g/mol. The molecule has 0 aliphatic heterocycles. The van der Waals surface area contributed by atoms with Crippen LogP contribution in [0.3, 0.4) is 0 Å². The molecule has 0 radical (unpaired) electrons. The first-order chi connectivity index (χ1) is 28.0. The molecule has 3 atom stereocenters. The second-order valence-corrected chi connectivity index (χ2v) is 15.6. The normalized spacial score (nSPS) is 12.9. The Balaban J connectivity index is 0.00000162. The summed E-state index contributed by atoms with van der Waals surface area (Å²) in [5.74, 6) is -6.46. The number of nitrogens with zero attached hydrogens (tertiary/aromatic N) is 2. The molecule has 0 saturated carbocycles. The lowest BCUT2D eigenvalue weighted by Gasteiger charge is -2.41. The number of hydrogen-bond acceptors (Lipinski definition) is 9. The monoisotopic (exact) mass is 917 g/mol. The summed E-state index contributed by atoms with van der Waals surface area (Å²) in [5.41, 5.74) is 7.59. The summed E-state index contributed by atoms with van der Waals surface area (Å²) >= 11 is 3.05. The molecule has 0 fully saturated rings. The number of ketones is 1. The van der Waals surface area contributed by atoms with Gasteiger partial charge in [-0.3, -0.25) is 24.0 Å². The van der Waals surface area contributed by atoms with Crippen LogP contribution in [0.25, 0.3) is 11.1 Å². The molecule has 0 spiro atoms. The van der Waals surface area contributed by atoms with Crippen molar-refractivity contribution in [1.29, 1.82) is 0 Å². The number of benzene rings is 2. The van der Waals surface area contributed by atoms with Crippen molar-refractivity contribution < 1.29 is 65.7 Å². The Bertz CT molecular complexity index is 1940. The fraction of sp³-hybridized carbons (Fsp3) is 0.450. The highest BCUT2D eigenvalue weighted by molar-refractivity contribution is 9.10. The van der Waals surface area contributed by atoms with E-state index >= 15 is 0 Å². The number of carbonyl (C=O) groups is 6. The number of methoxy groups -OCH3 is 1. The van der Waals surface area contributed by atoms with E-state index in [1.807, 2.05) is 55.7 Å². The fourth-order valence-electron chi connectivity index (χ4n) is 5.87. The van der Waals surface area contributed by atoms with Gasteiger partial charge in [-0.25, -0.2) is 13.6 Å². The van der Waals surface area contributed by atoms with Gasteiger partial charge in [0.1, 0.15) is 23.1 Å². The average Bonchev–Trinajstić information content (AvgIpc) is 3.58. The maximum Gasteiger partial charge on any atom is 0.490 e.